The van der Waals surface area contributed by atoms with Gasteiger partial charge in [-0.3, -0.25) is 4.90 Å². The molecule has 2 aromatic heterocycles. The van der Waals surface area contributed by atoms with Crippen molar-refractivity contribution in [1.29, 1.82) is 0 Å². The van der Waals surface area contributed by atoms with E-state index in [1.54, 1.807) is 0 Å². The number of hydrogen-bond acceptors (Lipinski definition) is 2. The number of benzene rings is 1. The summed E-state index contributed by atoms with van der Waals surface area (Å²) in [6.07, 6.45) is 2.20. The van der Waals surface area contributed by atoms with E-state index in [0.29, 0.717) is 6.04 Å². The van der Waals surface area contributed by atoms with Crippen molar-refractivity contribution >= 4 is 27.3 Å². The van der Waals surface area contributed by atoms with Gasteiger partial charge in [-0.25, -0.2) is 0 Å². The van der Waals surface area contributed by atoms with Crippen LogP contribution in [0.25, 0.3) is 0 Å². The smallest absolute Gasteiger partial charge is 0.0759 e. The molecule has 0 amide bonds. The van der Waals surface area contributed by atoms with E-state index in [4.69, 9.17) is 0 Å². The molecule has 0 aliphatic carbocycles. The van der Waals surface area contributed by atoms with E-state index in [0.717, 1.165) is 19.6 Å². The minimum Gasteiger partial charge on any atom is -0.348 e. The van der Waals surface area contributed by atoms with Crippen LogP contribution in [0.4, 0.5) is 0 Å². The Hall–Kier alpha value is -1.36. The van der Waals surface area contributed by atoms with Gasteiger partial charge >= 0.3 is 0 Å². The number of thiophene rings is 1. The standard InChI is InChI=1S/C18H17BrN2S/c19-15-8-12-22-17(15)13-21-11-10-20-9-4-7-16(20)18(21)14-5-2-1-3-6-14/h1-9,12,18H,10-11,13H2. The molecule has 1 aromatic carbocycles. The van der Waals surface area contributed by atoms with Gasteiger partial charge < -0.3 is 4.57 Å². The number of hydrogen-bond donors (Lipinski definition) is 0. The van der Waals surface area contributed by atoms with E-state index in [2.05, 4.69) is 85.5 Å². The molecule has 1 unspecified atom stereocenters. The Morgan fingerprint density at radius 1 is 1.05 bits per heavy atom. The van der Waals surface area contributed by atoms with Crippen molar-refractivity contribution in [2.75, 3.05) is 6.54 Å². The molecule has 2 nitrogen and oxygen atoms in total. The average Bonchev–Trinajstić information content (AvgIpc) is 3.17. The van der Waals surface area contributed by atoms with Gasteiger partial charge in [0, 0.05) is 40.9 Å². The molecule has 0 saturated carbocycles. The summed E-state index contributed by atoms with van der Waals surface area (Å²) in [5.41, 5.74) is 2.76. The zero-order valence-electron chi connectivity index (χ0n) is 12.2. The molecule has 0 bridgehead atoms. The van der Waals surface area contributed by atoms with Crippen molar-refractivity contribution < 1.29 is 0 Å². The van der Waals surface area contributed by atoms with Crippen molar-refractivity contribution in [1.82, 2.24) is 9.47 Å². The van der Waals surface area contributed by atoms with E-state index in [1.807, 2.05) is 11.3 Å². The maximum atomic E-state index is 3.67. The molecule has 1 aliphatic heterocycles. The van der Waals surface area contributed by atoms with E-state index in [9.17, 15) is 0 Å². The third-order valence-corrected chi connectivity index (χ3v) is 6.20. The zero-order valence-corrected chi connectivity index (χ0v) is 14.6. The second-order valence-corrected chi connectivity index (χ2v) is 7.46. The van der Waals surface area contributed by atoms with Crippen LogP contribution in [0.3, 0.4) is 0 Å². The fourth-order valence-corrected chi connectivity index (χ4v) is 4.74. The Labute approximate surface area is 143 Å². The third-order valence-electron chi connectivity index (χ3n) is 4.29. The number of aromatic nitrogens is 1. The summed E-state index contributed by atoms with van der Waals surface area (Å²) in [7, 11) is 0. The van der Waals surface area contributed by atoms with Gasteiger partial charge in [0.25, 0.3) is 0 Å². The molecule has 4 rings (SSSR count). The Bertz CT molecular complexity index is 762. The number of halogens is 1. The topological polar surface area (TPSA) is 8.17 Å². The van der Waals surface area contributed by atoms with E-state index in [-0.39, 0.29) is 0 Å². The van der Waals surface area contributed by atoms with Crippen LogP contribution in [-0.2, 0) is 13.1 Å². The predicted octanol–water partition coefficient (Wildman–Crippen LogP) is 4.92. The summed E-state index contributed by atoms with van der Waals surface area (Å²) in [4.78, 5) is 3.99. The molecule has 1 aliphatic rings. The number of rotatable bonds is 3. The fraction of sp³-hybridized carbons (Fsp3) is 0.222. The van der Waals surface area contributed by atoms with Gasteiger partial charge in [-0.15, -0.1) is 11.3 Å². The van der Waals surface area contributed by atoms with Gasteiger partial charge in [0.2, 0.25) is 0 Å². The third kappa shape index (κ3) is 2.56. The second kappa shape index (κ2) is 6.03. The highest BCUT2D eigenvalue weighted by atomic mass is 79.9. The first-order valence-electron chi connectivity index (χ1n) is 7.49. The molecule has 0 spiro atoms. The van der Waals surface area contributed by atoms with Gasteiger partial charge in [0.05, 0.1) is 6.04 Å². The molecule has 4 heteroatoms. The van der Waals surface area contributed by atoms with Crippen LogP contribution in [0.2, 0.25) is 0 Å². The summed E-state index contributed by atoms with van der Waals surface area (Å²) in [6, 6.07) is 17.7. The molecule has 1 atom stereocenters. The highest BCUT2D eigenvalue weighted by Gasteiger charge is 2.29. The summed E-state index contributed by atoms with van der Waals surface area (Å²) >= 11 is 5.50. The Balaban J connectivity index is 1.73. The van der Waals surface area contributed by atoms with Crippen molar-refractivity contribution in [3.8, 4) is 0 Å². The molecule has 22 heavy (non-hydrogen) atoms. The van der Waals surface area contributed by atoms with Crippen LogP contribution < -0.4 is 0 Å². The molecule has 112 valence electrons. The second-order valence-electron chi connectivity index (χ2n) is 5.60. The molecular formula is C18H17BrN2S. The number of fused-ring (bicyclic) bond motifs is 1. The first-order chi connectivity index (χ1) is 10.8. The Morgan fingerprint density at radius 2 is 1.91 bits per heavy atom. The van der Waals surface area contributed by atoms with Crippen molar-refractivity contribution in [2.24, 2.45) is 0 Å². The fourth-order valence-electron chi connectivity index (χ4n) is 3.24. The van der Waals surface area contributed by atoms with Crippen LogP contribution >= 0.6 is 27.3 Å². The maximum absolute atomic E-state index is 3.67. The lowest BCUT2D eigenvalue weighted by atomic mass is 10.00. The Morgan fingerprint density at radius 3 is 2.68 bits per heavy atom. The lowest BCUT2D eigenvalue weighted by Gasteiger charge is -2.37. The van der Waals surface area contributed by atoms with Gasteiger partial charge in [0.15, 0.2) is 0 Å². The highest BCUT2D eigenvalue weighted by Crippen LogP contribution is 2.35. The lowest BCUT2D eigenvalue weighted by molar-refractivity contribution is 0.176. The van der Waals surface area contributed by atoms with Crippen LogP contribution in [0.1, 0.15) is 22.2 Å². The van der Waals surface area contributed by atoms with Gasteiger partial charge in [-0.2, -0.15) is 0 Å². The zero-order chi connectivity index (χ0) is 14.9. The molecule has 0 saturated heterocycles. The lowest BCUT2D eigenvalue weighted by Crippen LogP contribution is -2.37. The van der Waals surface area contributed by atoms with Crippen LogP contribution in [0, 0.1) is 0 Å². The molecule has 3 aromatic rings. The molecule has 3 heterocycles. The minimum absolute atomic E-state index is 0.332. The van der Waals surface area contributed by atoms with E-state index in [1.165, 1.54) is 20.6 Å². The monoisotopic (exact) mass is 372 g/mol. The van der Waals surface area contributed by atoms with E-state index >= 15 is 0 Å². The normalized spacial score (nSPS) is 18.3. The van der Waals surface area contributed by atoms with Crippen molar-refractivity contribution in [3.63, 3.8) is 0 Å². The van der Waals surface area contributed by atoms with Crippen LogP contribution in [0.15, 0.2) is 64.6 Å². The quantitative estimate of drug-likeness (QED) is 0.633. The predicted molar refractivity (Wildman–Crippen MR) is 95.1 cm³/mol. The summed E-state index contributed by atoms with van der Waals surface area (Å²) in [5.74, 6) is 0. The Kier molecular flexibility index (Phi) is 3.90. The summed E-state index contributed by atoms with van der Waals surface area (Å²) < 4.78 is 3.61. The van der Waals surface area contributed by atoms with Gasteiger partial charge in [-0.1, -0.05) is 30.3 Å². The summed E-state index contributed by atoms with van der Waals surface area (Å²) in [5, 5.41) is 2.16. The van der Waals surface area contributed by atoms with E-state index < -0.39 is 0 Å². The molecule has 0 N–H and O–H groups in total. The summed E-state index contributed by atoms with van der Waals surface area (Å²) in [6.45, 7) is 3.13. The first-order valence-corrected chi connectivity index (χ1v) is 9.16. The largest absolute Gasteiger partial charge is 0.348 e. The molecular weight excluding hydrogens is 356 g/mol. The van der Waals surface area contributed by atoms with Crippen LogP contribution in [0.5, 0.6) is 0 Å². The SMILES string of the molecule is Brc1ccsc1CN1CCn2cccc2C1c1ccccc1. The molecule has 0 radical (unpaired) electrons. The average molecular weight is 373 g/mol. The van der Waals surface area contributed by atoms with Gasteiger partial charge in [-0.05, 0) is 45.1 Å². The number of nitrogens with zero attached hydrogens (tertiary/aromatic N) is 2. The minimum atomic E-state index is 0.332. The van der Waals surface area contributed by atoms with Crippen LogP contribution in [-0.4, -0.2) is 16.0 Å². The highest BCUT2D eigenvalue weighted by molar-refractivity contribution is 9.10. The first kappa shape index (κ1) is 14.2. The maximum Gasteiger partial charge on any atom is 0.0759 e. The van der Waals surface area contributed by atoms with Crippen molar-refractivity contribution in [2.45, 2.75) is 19.1 Å². The van der Waals surface area contributed by atoms with Crippen molar-refractivity contribution in [3.05, 3.63) is 80.7 Å². The van der Waals surface area contributed by atoms with Gasteiger partial charge in [0.1, 0.15) is 0 Å². The molecule has 0 fully saturated rings.